The summed E-state index contributed by atoms with van der Waals surface area (Å²) in [5.74, 6) is 1.47. The van der Waals surface area contributed by atoms with E-state index in [0.717, 1.165) is 25.4 Å². The molecule has 0 radical (unpaired) electrons. The first kappa shape index (κ1) is 22.0. The van der Waals surface area contributed by atoms with Gasteiger partial charge in [-0.2, -0.15) is 0 Å². The summed E-state index contributed by atoms with van der Waals surface area (Å²) in [5.41, 5.74) is 1.55. The van der Waals surface area contributed by atoms with Crippen LogP contribution in [0.3, 0.4) is 0 Å². The molecule has 0 amide bonds. The van der Waals surface area contributed by atoms with Crippen molar-refractivity contribution in [2.45, 2.75) is 52.5 Å². The molecule has 4 nitrogen and oxygen atoms in total. The van der Waals surface area contributed by atoms with Crippen LogP contribution in [-0.2, 0) is 9.47 Å². The number of hydrogen-bond acceptors (Lipinski definition) is 3. The standard InChI is InChI=1S/C21H39N2O2/c1-7-9-13-23(8-2)22-18(4)21(20(15-24-5)16-25-6)19-12-10-11-17(3)14-19/h7,12,17-18,20-21H,1,8-11,13-16H2,2-6H3/q+1/b23-22+/t17?,18?,21-/m0/s1. The lowest BCUT2D eigenvalue weighted by molar-refractivity contribution is -0.593. The molecular formula is C21H39N2O2+. The van der Waals surface area contributed by atoms with Crippen molar-refractivity contribution in [3.05, 3.63) is 24.3 Å². The van der Waals surface area contributed by atoms with Gasteiger partial charge < -0.3 is 9.47 Å². The Bertz CT molecular complexity index is 439. The molecule has 1 aliphatic carbocycles. The molecule has 144 valence electrons. The van der Waals surface area contributed by atoms with E-state index in [1.54, 1.807) is 19.8 Å². The molecule has 4 heteroatoms. The van der Waals surface area contributed by atoms with Gasteiger partial charge in [0.25, 0.3) is 0 Å². The van der Waals surface area contributed by atoms with E-state index in [1.165, 1.54) is 19.3 Å². The number of azo groups is 2. The second kappa shape index (κ2) is 12.4. The van der Waals surface area contributed by atoms with Gasteiger partial charge in [-0.05, 0) is 44.1 Å². The van der Waals surface area contributed by atoms with Crippen LogP contribution in [-0.4, -0.2) is 51.3 Å². The average molecular weight is 352 g/mol. The molecule has 2 unspecified atom stereocenters. The first-order chi connectivity index (χ1) is 12.1. The molecule has 0 saturated heterocycles. The summed E-state index contributed by atoms with van der Waals surface area (Å²) in [5, 5.41) is 5.05. The lowest BCUT2D eigenvalue weighted by Crippen LogP contribution is -2.34. The van der Waals surface area contributed by atoms with Crippen molar-refractivity contribution in [3.8, 4) is 0 Å². The molecule has 0 fully saturated rings. The Balaban J connectivity index is 3.08. The van der Waals surface area contributed by atoms with Crippen LogP contribution >= 0.6 is 0 Å². The van der Waals surface area contributed by atoms with Gasteiger partial charge >= 0.3 is 0 Å². The minimum absolute atomic E-state index is 0.219. The number of rotatable bonds is 12. The van der Waals surface area contributed by atoms with Crippen molar-refractivity contribution in [1.82, 2.24) is 0 Å². The number of hydrogen-bond donors (Lipinski definition) is 0. The molecule has 0 aromatic carbocycles. The van der Waals surface area contributed by atoms with Crippen molar-refractivity contribution in [2.24, 2.45) is 22.9 Å². The molecule has 0 aliphatic heterocycles. The normalized spacial score (nSPS) is 21.1. The van der Waals surface area contributed by atoms with Gasteiger partial charge in [-0.25, -0.2) is 0 Å². The lowest BCUT2D eigenvalue weighted by atomic mass is 9.75. The second-order valence-electron chi connectivity index (χ2n) is 7.34. The van der Waals surface area contributed by atoms with Crippen LogP contribution in [0.5, 0.6) is 0 Å². The predicted molar refractivity (Wildman–Crippen MR) is 104 cm³/mol. The fourth-order valence-corrected chi connectivity index (χ4v) is 3.97. The van der Waals surface area contributed by atoms with Crippen molar-refractivity contribution in [3.63, 3.8) is 0 Å². The molecule has 3 atom stereocenters. The molecule has 0 N–H and O–H groups in total. The van der Waals surface area contributed by atoms with Gasteiger partial charge in [-0.3, -0.25) is 0 Å². The summed E-state index contributed by atoms with van der Waals surface area (Å²) in [4.78, 5) is 0. The van der Waals surface area contributed by atoms with Gasteiger partial charge in [-0.15, -0.1) is 11.3 Å². The Morgan fingerprint density at radius 1 is 1.36 bits per heavy atom. The summed E-state index contributed by atoms with van der Waals surface area (Å²) in [6.45, 7) is 13.9. The van der Waals surface area contributed by atoms with E-state index in [-0.39, 0.29) is 6.04 Å². The summed E-state index contributed by atoms with van der Waals surface area (Å²) in [6, 6.07) is 0.219. The molecule has 0 bridgehead atoms. The number of nitrogens with zero attached hydrogens (tertiary/aromatic N) is 2. The zero-order valence-electron chi connectivity index (χ0n) is 17.0. The summed E-state index contributed by atoms with van der Waals surface area (Å²) in [6.07, 6.45) is 9.03. The average Bonchev–Trinajstić information content (AvgIpc) is 2.59. The first-order valence-electron chi connectivity index (χ1n) is 9.80. The van der Waals surface area contributed by atoms with Crippen molar-refractivity contribution < 1.29 is 14.2 Å². The second-order valence-corrected chi connectivity index (χ2v) is 7.34. The smallest absolute Gasteiger partial charge is 0.171 e. The van der Waals surface area contributed by atoms with E-state index < -0.39 is 0 Å². The zero-order chi connectivity index (χ0) is 18.7. The Hall–Kier alpha value is -1.00. The predicted octanol–water partition coefficient (Wildman–Crippen LogP) is 4.71. The van der Waals surface area contributed by atoms with Crippen molar-refractivity contribution >= 4 is 0 Å². The Morgan fingerprint density at radius 3 is 2.56 bits per heavy atom. The molecule has 0 aromatic rings. The topological polar surface area (TPSA) is 33.8 Å². The molecule has 1 aliphatic rings. The van der Waals surface area contributed by atoms with Crippen LogP contribution in [0.1, 0.15) is 46.5 Å². The first-order valence-corrected chi connectivity index (χ1v) is 9.80. The number of ether oxygens (including phenoxy) is 2. The molecule has 0 saturated carbocycles. The van der Waals surface area contributed by atoms with Gasteiger partial charge in [-0.1, -0.05) is 24.6 Å². The van der Waals surface area contributed by atoms with Gasteiger partial charge in [0.1, 0.15) is 6.04 Å². The quantitative estimate of drug-likeness (QED) is 0.290. The van der Waals surface area contributed by atoms with Crippen LogP contribution in [0.4, 0.5) is 0 Å². The highest BCUT2D eigenvalue weighted by Crippen LogP contribution is 2.36. The lowest BCUT2D eigenvalue weighted by Gasteiger charge is -2.33. The highest BCUT2D eigenvalue weighted by Gasteiger charge is 2.33. The Kier molecular flexibility index (Phi) is 10.9. The zero-order valence-corrected chi connectivity index (χ0v) is 17.0. The monoisotopic (exact) mass is 351 g/mol. The SMILES string of the molecule is C=CCC/[N+](CC)=N/C(C)[C@@H](C1=CCCC(C)C1)C(COC)COC. The van der Waals surface area contributed by atoms with E-state index in [2.05, 4.69) is 38.1 Å². The molecule has 1 rings (SSSR count). The molecular weight excluding hydrogens is 312 g/mol. The van der Waals surface area contributed by atoms with E-state index in [9.17, 15) is 0 Å². The highest BCUT2D eigenvalue weighted by molar-refractivity contribution is 5.14. The Morgan fingerprint density at radius 2 is 2.04 bits per heavy atom. The fourth-order valence-electron chi connectivity index (χ4n) is 3.97. The van der Waals surface area contributed by atoms with Gasteiger partial charge in [0.05, 0.1) is 13.2 Å². The third kappa shape index (κ3) is 7.41. The van der Waals surface area contributed by atoms with E-state index in [0.29, 0.717) is 25.0 Å². The largest absolute Gasteiger partial charge is 0.384 e. The summed E-state index contributed by atoms with van der Waals surface area (Å²) in [7, 11) is 3.56. The minimum atomic E-state index is 0.219. The maximum Gasteiger partial charge on any atom is 0.171 e. The van der Waals surface area contributed by atoms with Crippen molar-refractivity contribution in [1.29, 1.82) is 0 Å². The molecule has 0 spiro atoms. The van der Waals surface area contributed by atoms with Crippen LogP contribution in [0.25, 0.3) is 0 Å². The van der Waals surface area contributed by atoms with Crippen LogP contribution < -0.4 is 0 Å². The van der Waals surface area contributed by atoms with E-state index in [1.807, 2.05) is 6.08 Å². The van der Waals surface area contributed by atoms with Crippen molar-refractivity contribution in [2.75, 3.05) is 40.5 Å². The summed E-state index contributed by atoms with van der Waals surface area (Å²) >= 11 is 0. The van der Waals surface area contributed by atoms with Crippen LogP contribution in [0.2, 0.25) is 0 Å². The minimum Gasteiger partial charge on any atom is -0.384 e. The van der Waals surface area contributed by atoms with Crippen LogP contribution in [0.15, 0.2) is 29.4 Å². The molecule has 0 heterocycles. The maximum absolute atomic E-state index is 5.53. The fraction of sp³-hybridized carbons (Fsp3) is 0.810. The van der Waals surface area contributed by atoms with E-state index in [4.69, 9.17) is 14.6 Å². The molecule has 0 aromatic heterocycles. The third-order valence-electron chi connectivity index (χ3n) is 5.17. The number of allylic oxidation sites excluding steroid dienone is 1. The van der Waals surface area contributed by atoms with E-state index >= 15 is 0 Å². The number of methoxy groups -OCH3 is 2. The summed E-state index contributed by atoms with van der Waals surface area (Å²) < 4.78 is 13.2. The van der Waals surface area contributed by atoms with Gasteiger partial charge in [0.2, 0.25) is 0 Å². The Labute approximate surface area is 155 Å². The van der Waals surface area contributed by atoms with Gasteiger partial charge in [0, 0.05) is 32.5 Å². The van der Waals surface area contributed by atoms with Crippen LogP contribution in [0, 0.1) is 17.8 Å². The molecule has 25 heavy (non-hydrogen) atoms. The van der Waals surface area contributed by atoms with Gasteiger partial charge in [0.15, 0.2) is 13.1 Å². The third-order valence-corrected chi connectivity index (χ3v) is 5.17. The maximum atomic E-state index is 5.53. The highest BCUT2D eigenvalue weighted by atomic mass is 16.5.